The Balaban J connectivity index is 2.54. The molecule has 0 unspecified atom stereocenters. The molecule has 0 bridgehead atoms. The van der Waals surface area contributed by atoms with Crippen LogP contribution in [0.5, 0.6) is 5.75 Å². The van der Waals surface area contributed by atoms with E-state index in [1.807, 2.05) is 13.8 Å². The maximum Gasteiger partial charge on any atom is 0.165 e. The molecule has 0 amide bonds. The van der Waals surface area contributed by atoms with E-state index in [0.29, 0.717) is 11.3 Å². The molecule has 1 heterocycles. The van der Waals surface area contributed by atoms with E-state index >= 15 is 0 Å². The molecule has 2 rings (SSSR count). The molecule has 2 aromatic rings. The smallest absolute Gasteiger partial charge is 0.165 e. The van der Waals surface area contributed by atoms with Gasteiger partial charge in [-0.3, -0.25) is 0 Å². The standard InChI is InChI=1S/C13H13FN2O/c1-8-7-15-16-13(9(8)2)10-4-5-12(17-3)11(14)6-10/h4-7H,1-3H3. The average Bonchev–Trinajstić information content (AvgIpc) is 2.32. The lowest BCUT2D eigenvalue weighted by atomic mass is 10.0. The monoisotopic (exact) mass is 232 g/mol. The number of benzene rings is 1. The van der Waals surface area contributed by atoms with Crippen LogP contribution in [0.4, 0.5) is 4.39 Å². The Labute approximate surface area is 99.3 Å². The minimum Gasteiger partial charge on any atom is -0.494 e. The number of halogens is 1. The topological polar surface area (TPSA) is 35.0 Å². The first-order valence-electron chi connectivity index (χ1n) is 5.26. The number of methoxy groups -OCH3 is 1. The van der Waals surface area contributed by atoms with Gasteiger partial charge in [0.25, 0.3) is 0 Å². The number of hydrogen-bond acceptors (Lipinski definition) is 3. The number of rotatable bonds is 2. The minimum absolute atomic E-state index is 0.229. The van der Waals surface area contributed by atoms with Gasteiger partial charge in [0.1, 0.15) is 0 Å². The Morgan fingerprint density at radius 3 is 2.65 bits per heavy atom. The van der Waals surface area contributed by atoms with Gasteiger partial charge in [-0.2, -0.15) is 10.2 Å². The van der Waals surface area contributed by atoms with Crippen LogP contribution >= 0.6 is 0 Å². The highest BCUT2D eigenvalue weighted by Gasteiger charge is 2.09. The third kappa shape index (κ3) is 2.11. The fraction of sp³-hybridized carbons (Fsp3) is 0.231. The maximum absolute atomic E-state index is 13.6. The van der Waals surface area contributed by atoms with Gasteiger partial charge in [0.15, 0.2) is 11.6 Å². The molecular formula is C13H13FN2O. The molecule has 88 valence electrons. The second-order valence-electron chi connectivity index (χ2n) is 3.85. The van der Waals surface area contributed by atoms with Gasteiger partial charge in [0.05, 0.1) is 19.0 Å². The predicted octanol–water partition coefficient (Wildman–Crippen LogP) is 2.91. The van der Waals surface area contributed by atoms with Crippen molar-refractivity contribution in [3.05, 3.63) is 41.3 Å². The molecule has 4 heteroatoms. The summed E-state index contributed by atoms with van der Waals surface area (Å²) < 4.78 is 18.5. The van der Waals surface area contributed by atoms with E-state index in [0.717, 1.165) is 11.1 Å². The third-order valence-electron chi connectivity index (χ3n) is 2.78. The summed E-state index contributed by atoms with van der Waals surface area (Å²) >= 11 is 0. The molecule has 0 N–H and O–H groups in total. The highest BCUT2D eigenvalue weighted by molar-refractivity contribution is 5.64. The first-order valence-corrected chi connectivity index (χ1v) is 5.26. The van der Waals surface area contributed by atoms with Gasteiger partial charge in [-0.15, -0.1) is 0 Å². The van der Waals surface area contributed by atoms with Gasteiger partial charge in [0, 0.05) is 5.56 Å². The Bertz CT molecular complexity index is 555. The van der Waals surface area contributed by atoms with E-state index < -0.39 is 5.82 Å². The molecule has 0 saturated heterocycles. The van der Waals surface area contributed by atoms with Crippen LogP contribution in [-0.2, 0) is 0 Å². The molecule has 0 fully saturated rings. The summed E-state index contributed by atoms with van der Waals surface area (Å²) in [7, 11) is 1.44. The fourth-order valence-corrected chi connectivity index (χ4v) is 1.62. The van der Waals surface area contributed by atoms with Crippen molar-refractivity contribution in [2.75, 3.05) is 7.11 Å². The maximum atomic E-state index is 13.6. The number of ether oxygens (including phenoxy) is 1. The van der Waals surface area contributed by atoms with Crippen molar-refractivity contribution in [2.24, 2.45) is 0 Å². The van der Waals surface area contributed by atoms with Crippen molar-refractivity contribution in [1.82, 2.24) is 10.2 Å². The summed E-state index contributed by atoms with van der Waals surface area (Å²) in [6.07, 6.45) is 1.69. The Kier molecular flexibility index (Phi) is 3.04. The van der Waals surface area contributed by atoms with Crippen LogP contribution < -0.4 is 4.74 Å². The zero-order valence-electron chi connectivity index (χ0n) is 9.99. The molecule has 0 radical (unpaired) electrons. The summed E-state index contributed by atoms with van der Waals surface area (Å²) in [5.74, 6) is -0.167. The van der Waals surface area contributed by atoms with E-state index in [-0.39, 0.29) is 5.75 Å². The van der Waals surface area contributed by atoms with Crippen molar-refractivity contribution in [3.8, 4) is 17.0 Å². The molecule has 3 nitrogen and oxygen atoms in total. The van der Waals surface area contributed by atoms with Gasteiger partial charge in [-0.1, -0.05) is 0 Å². The number of aryl methyl sites for hydroxylation is 1. The molecule has 17 heavy (non-hydrogen) atoms. The van der Waals surface area contributed by atoms with Gasteiger partial charge in [-0.05, 0) is 43.2 Å². The quantitative estimate of drug-likeness (QED) is 0.798. The summed E-state index contributed by atoms with van der Waals surface area (Å²) in [5, 5.41) is 7.94. The van der Waals surface area contributed by atoms with Gasteiger partial charge in [-0.25, -0.2) is 4.39 Å². The first kappa shape index (κ1) is 11.5. The van der Waals surface area contributed by atoms with Crippen molar-refractivity contribution in [1.29, 1.82) is 0 Å². The van der Waals surface area contributed by atoms with Gasteiger partial charge >= 0.3 is 0 Å². The minimum atomic E-state index is -0.396. The lowest BCUT2D eigenvalue weighted by Gasteiger charge is -2.08. The molecule has 0 aliphatic rings. The van der Waals surface area contributed by atoms with E-state index in [1.165, 1.54) is 13.2 Å². The first-order chi connectivity index (χ1) is 8.13. The molecule has 1 aromatic carbocycles. The SMILES string of the molecule is COc1ccc(-c2nncc(C)c2C)cc1F. The second-order valence-corrected chi connectivity index (χ2v) is 3.85. The van der Waals surface area contributed by atoms with E-state index in [4.69, 9.17) is 4.74 Å². The van der Waals surface area contributed by atoms with E-state index in [2.05, 4.69) is 10.2 Å². The molecule has 0 saturated carbocycles. The zero-order valence-corrected chi connectivity index (χ0v) is 9.99. The Morgan fingerprint density at radius 1 is 1.24 bits per heavy atom. The van der Waals surface area contributed by atoms with Crippen LogP contribution in [0.2, 0.25) is 0 Å². The van der Waals surface area contributed by atoms with E-state index in [9.17, 15) is 4.39 Å². The van der Waals surface area contributed by atoms with Crippen molar-refractivity contribution >= 4 is 0 Å². The lowest BCUT2D eigenvalue weighted by molar-refractivity contribution is 0.386. The zero-order chi connectivity index (χ0) is 12.4. The number of nitrogens with zero attached hydrogens (tertiary/aromatic N) is 2. The molecule has 0 aliphatic carbocycles. The van der Waals surface area contributed by atoms with Crippen molar-refractivity contribution in [3.63, 3.8) is 0 Å². The normalized spacial score (nSPS) is 10.4. The Hall–Kier alpha value is -1.97. The average molecular weight is 232 g/mol. The second kappa shape index (κ2) is 4.49. The van der Waals surface area contributed by atoms with Crippen LogP contribution in [0.3, 0.4) is 0 Å². The van der Waals surface area contributed by atoms with Crippen LogP contribution in [0.25, 0.3) is 11.3 Å². The fourth-order valence-electron chi connectivity index (χ4n) is 1.62. The molecule has 0 aliphatic heterocycles. The van der Waals surface area contributed by atoms with Crippen LogP contribution in [0, 0.1) is 19.7 Å². The van der Waals surface area contributed by atoms with Crippen LogP contribution in [0.1, 0.15) is 11.1 Å². The van der Waals surface area contributed by atoms with Crippen molar-refractivity contribution in [2.45, 2.75) is 13.8 Å². The molecule has 1 aromatic heterocycles. The summed E-state index contributed by atoms with van der Waals surface area (Å²) in [4.78, 5) is 0. The van der Waals surface area contributed by atoms with Crippen LogP contribution in [0.15, 0.2) is 24.4 Å². The van der Waals surface area contributed by atoms with Crippen LogP contribution in [-0.4, -0.2) is 17.3 Å². The molecular weight excluding hydrogens is 219 g/mol. The Morgan fingerprint density at radius 2 is 2.00 bits per heavy atom. The van der Waals surface area contributed by atoms with Gasteiger partial charge in [0.2, 0.25) is 0 Å². The summed E-state index contributed by atoms with van der Waals surface area (Å²) in [5.41, 5.74) is 3.44. The van der Waals surface area contributed by atoms with E-state index in [1.54, 1.807) is 18.3 Å². The molecule has 0 spiro atoms. The molecule has 0 atom stereocenters. The number of hydrogen-bond donors (Lipinski definition) is 0. The largest absolute Gasteiger partial charge is 0.494 e. The highest BCUT2D eigenvalue weighted by atomic mass is 19.1. The van der Waals surface area contributed by atoms with Crippen molar-refractivity contribution < 1.29 is 9.13 Å². The summed E-state index contributed by atoms with van der Waals surface area (Å²) in [6.45, 7) is 3.90. The number of aromatic nitrogens is 2. The highest BCUT2D eigenvalue weighted by Crippen LogP contribution is 2.26. The van der Waals surface area contributed by atoms with Gasteiger partial charge < -0.3 is 4.74 Å². The third-order valence-corrected chi connectivity index (χ3v) is 2.78. The lowest BCUT2D eigenvalue weighted by Crippen LogP contribution is -1.96. The predicted molar refractivity (Wildman–Crippen MR) is 63.5 cm³/mol. The summed E-state index contributed by atoms with van der Waals surface area (Å²) in [6, 6.07) is 4.78.